The highest BCUT2D eigenvalue weighted by Crippen LogP contribution is 2.01. The van der Waals surface area contributed by atoms with Crippen molar-refractivity contribution >= 4 is 0 Å². The van der Waals surface area contributed by atoms with E-state index in [1.54, 1.807) is 0 Å². The highest BCUT2D eigenvalue weighted by Gasteiger charge is 2.02. The SMILES string of the molecule is c1c2n[nH]c1CNCCCCCNCc1cc(n[nH]1)CNCCNCCNC2. The average molecular weight is 390 g/mol. The Morgan fingerprint density at radius 3 is 1.50 bits per heavy atom. The van der Waals surface area contributed by atoms with Gasteiger partial charge in [-0.3, -0.25) is 10.2 Å². The number of hydrogen-bond donors (Lipinski definition) is 7. The summed E-state index contributed by atoms with van der Waals surface area (Å²) < 4.78 is 0. The zero-order valence-corrected chi connectivity index (χ0v) is 16.7. The van der Waals surface area contributed by atoms with Crippen LogP contribution in [0.3, 0.4) is 0 Å². The van der Waals surface area contributed by atoms with Crippen LogP contribution in [0.2, 0.25) is 0 Å². The summed E-state index contributed by atoms with van der Waals surface area (Å²) in [6.45, 7) is 9.11. The van der Waals surface area contributed by atoms with Gasteiger partial charge in [-0.15, -0.1) is 0 Å². The van der Waals surface area contributed by atoms with Crippen molar-refractivity contribution in [1.82, 2.24) is 47.0 Å². The summed E-state index contributed by atoms with van der Waals surface area (Å²) in [6, 6.07) is 4.28. The summed E-state index contributed by atoms with van der Waals surface area (Å²) in [5.41, 5.74) is 4.43. The number of nitrogens with zero attached hydrogens (tertiary/aromatic N) is 2. The molecule has 0 spiro atoms. The molecule has 0 saturated heterocycles. The second kappa shape index (κ2) is 12.6. The fourth-order valence-corrected chi connectivity index (χ4v) is 3.22. The van der Waals surface area contributed by atoms with Crippen LogP contribution < -0.4 is 26.6 Å². The van der Waals surface area contributed by atoms with Gasteiger partial charge in [-0.25, -0.2) is 0 Å². The van der Waals surface area contributed by atoms with Gasteiger partial charge in [-0.1, -0.05) is 6.42 Å². The van der Waals surface area contributed by atoms with E-state index in [1.165, 1.54) is 19.3 Å². The van der Waals surface area contributed by atoms with Crippen LogP contribution in [0.25, 0.3) is 0 Å². The van der Waals surface area contributed by atoms with Crippen LogP contribution >= 0.6 is 0 Å². The summed E-state index contributed by atoms with van der Waals surface area (Å²) in [4.78, 5) is 0. The molecular weight excluding hydrogens is 354 g/mol. The minimum atomic E-state index is 0.797. The van der Waals surface area contributed by atoms with Crippen molar-refractivity contribution in [2.24, 2.45) is 0 Å². The van der Waals surface area contributed by atoms with E-state index in [0.29, 0.717) is 0 Å². The van der Waals surface area contributed by atoms with Crippen molar-refractivity contribution in [2.75, 3.05) is 39.3 Å². The first kappa shape index (κ1) is 20.9. The molecular formula is C19H35N9. The monoisotopic (exact) mass is 389 g/mol. The van der Waals surface area contributed by atoms with E-state index in [0.717, 1.165) is 88.2 Å². The predicted molar refractivity (Wildman–Crippen MR) is 111 cm³/mol. The van der Waals surface area contributed by atoms with E-state index < -0.39 is 0 Å². The van der Waals surface area contributed by atoms with Crippen molar-refractivity contribution in [2.45, 2.75) is 45.4 Å². The topological polar surface area (TPSA) is 118 Å². The van der Waals surface area contributed by atoms with Crippen molar-refractivity contribution in [3.63, 3.8) is 0 Å². The van der Waals surface area contributed by atoms with Gasteiger partial charge in [0.15, 0.2) is 0 Å². The zero-order chi connectivity index (χ0) is 19.3. The molecule has 3 rings (SSSR count). The molecule has 4 bridgehead atoms. The summed E-state index contributed by atoms with van der Waals surface area (Å²) >= 11 is 0. The van der Waals surface area contributed by atoms with Gasteiger partial charge in [0.05, 0.1) is 11.4 Å². The molecule has 7 N–H and O–H groups in total. The predicted octanol–water partition coefficient (Wildman–Crippen LogP) is -0.0351. The van der Waals surface area contributed by atoms with Crippen molar-refractivity contribution < 1.29 is 0 Å². The van der Waals surface area contributed by atoms with Gasteiger partial charge in [0.1, 0.15) is 0 Å². The van der Waals surface area contributed by atoms with Crippen LogP contribution in [0.1, 0.15) is 42.0 Å². The van der Waals surface area contributed by atoms with Crippen LogP contribution in [-0.4, -0.2) is 59.7 Å². The number of aromatic nitrogens is 4. The Morgan fingerprint density at radius 2 is 0.964 bits per heavy atom. The lowest BCUT2D eigenvalue weighted by molar-refractivity contribution is 0.566. The maximum absolute atomic E-state index is 4.37. The summed E-state index contributed by atoms with van der Waals surface area (Å²) in [6.07, 6.45) is 3.61. The maximum atomic E-state index is 4.37. The quantitative estimate of drug-likeness (QED) is 0.338. The molecule has 9 heteroatoms. The minimum Gasteiger partial charge on any atom is -0.314 e. The zero-order valence-electron chi connectivity index (χ0n) is 16.7. The number of H-pyrrole nitrogens is 2. The normalized spacial score (nSPS) is 19.7. The van der Waals surface area contributed by atoms with E-state index in [9.17, 15) is 0 Å². The molecule has 0 unspecified atom stereocenters. The first-order chi connectivity index (χ1) is 13.9. The highest BCUT2D eigenvalue weighted by molar-refractivity contribution is 5.09. The van der Waals surface area contributed by atoms with Gasteiger partial charge in [0.25, 0.3) is 0 Å². The van der Waals surface area contributed by atoms with Gasteiger partial charge in [0, 0.05) is 63.7 Å². The van der Waals surface area contributed by atoms with E-state index in [1.807, 2.05) is 0 Å². The molecule has 0 fully saturated rings. The van der Waals surface area contributed by atoms with E-state index in [2.05, 4.69) is 59.1 Å². The van der Waals surface area contributed by atoms with Crippen LogP contribution in [0.15, 0.2) is 12.1 Å². The Balaban J connectivity index is 1.40. The first-order valence-corrected chi connectivity index (χ1v) is 10.5. The average Bonchev–Trinajstić information content (AvgIpc) is 3.34. The third-order valence-electron chi connectivity index (χ3n) is 4.78. The Morgan fingerprint density at radius 1 is 0.500 bits per heavy atom. The highest BCUT2D eigenvalue weighted by atomic mass is 15.1. The van der Waals surface area contributed by atoms with E-state index in [-0.39, 0.29) is 0 Å². The van der Waals surface area contributed by atoms with Gasteiger partial charge in [-0.2, -0.15) is 10.2 Å². The second-order valence-corrected chi connectivity index (χ2v) is 7.29. The molecule has 2 aromatic heterocycles. The molecule has 0 amide bonds. The lowest BCUT2D eigenvalue weighted by Crippen LogP contribution is -2.32. The minimum absolute atomic E-state index is 0.797. The molecule has 1 aliphatic heterocycles. The number of aromatic amines is 2. The molecule has 1 aliphatic rings. The lowest BCUT2D eigenvalue weighted by atomic mass is 10.2. The Bertz CT molecular complexity index is 546. The maximum Gasteiger partial charge on any atom is 0.0763 e. The van der Waals surface area contributed by atoms with Gasteiger partial charge < -0.3 is 26.6 Å². The Labute approximate surface area is 167 Å². The van der Waals surface area contributed by atoms with Crippen LogP contribution in [-0.2, 0) is 26.2 Å². The fraction of sp³-hybridized carbons (Fsp3) is 0.684. The van der Waals surface area contributed by atoms with Crippen LogP contribution in [0, 0.1) is 0 Å². The molecule has 0 aliphatic carbocycles. The summed E-state index contributed by atoms with van der Waals surface area (Å²) in [7, 11) is 0. The van der Waals surface area contributed by atoms with Crippen LogP contribution in [0.5, 0.6) is 0 Å². The summed E-state index contributed by atoms with van der Waals surface area (Å²) in [5, 5.41) is 32.2. The number of hydrogen-bond acceptors (Lipinski definition) is 7. The summed E-state index contributed by atoms with van der Waals surface area (Å²) in [5.74, 6) is 0. The van der Waals surface area contributed by atoms with E-state index >= 15 is 0 Å². The molecule has 2 aromatic rings. The molecule has 3 heterocycles. The molecule has 9 nitrogen and oxygen atoms in total. The number of nitrogens with one attached hydrogen (secondary N) is 7. The number of fused-ring (bicyclic) bond motifs is 4. The Hall–Kier alpha value is -1.78. The first-order valence-electron chi connectivity index (χ1n) is 10.5. The molecule has 0 aromatic carbocycles. The molecule has 0 atom stereocenters. The van der Waals surface area contributed by atoms with Crippen LogP contribution in [0.4, 0.5) is 0 Å². The number of rotatable bonds is 0. The Kier molecular flexibility index (Phi) is 9.45. The van der Waals surface area contributed by atoms with Crippen molar-refractivity contribution in [3.05, 3.63) is 34.9 Å². The second-order valence-electron chi connectivity index (χ2n) is 7.29. The molecule has 0 radical (unpaired) electrons. The van der Waals surface area contributed by atoms with Gasteiger partial charge in [-0.05, 0) is 38.1 Å². The standard InChI is InChI=1S/C19H35N9/c1-2-4-21-12-16-10-18(27-25-16)14-23-8-6-20-7-9-24-15-19-11-17(26-28-19)13-22-5-3-1/h10-11,20-24H,1-9,12-15H2,(H,25,27)(H,26,28). The molecule has 0 saturated carbocycles. The van der Waals surface area contributed by atoms with E-state index in [4.69, 9.17) is 0 Å². The lowest BCUT2D eigenvalue weighted by Gasteiger charge is -2.06. The molecule has 156 valence electrons. The third-order valence-corrected chi connectivity index (χ3v) is 4.78. The largest absolute Gasteiger partial charge is 0.314 e. The van der Waals surface area contributed by atoms with Gasteiger partial charge >= 0.3 is 0 Å². The smallest absolute Gasteiger partial charge is 0.0763 e. The molecule has 28 heavy (non-hydrogen) atoms. The van der Waals surface area contributed by atoms with Gasteiger partial charge in [0.2, 0.25) is 0 Å². The van der Waals surface area contributed by atoms with Crippen molar-refractivity contribution in [1.29, 1.82) is 0 Å². The third kappa shape index (κ3) is 8.07. The fourth-order valence-electron chi connectivity index (χ4n) is 3.22. The van der Waals surface area contributed by atoms with Crippen molar-refractivity contribution in [3.8, 4) is 0 Å².